The van der Waals surface area contributed by atoms with Crippen LogP contribution in [0.5, 0.6) is 5.75 Å². The van der Waals surface area contributed by atoms with E-state index in [0.29, 0.717) is 29.0 Å². The van der Waals surface area contributed by atoms with Gasteiger partial charge >= 0.3 is 0 Å². The molecule has 4 rings (SSSR count). The van der Waals surface area contributed by atoms with Crippen molar-refractivity contribution in [2.45, 2.75) is 32.4 Å². The van der Waals surface area contributed by atoms with Crippen LogP contribution in [0.2, 0.25) is 0 Å². The minimum atomic E-state index is -0.696. The first-order valence-electron chi connectivity index (χ1n) is 10.8. The maximum atomic E-state index is 13.6. The minimum Gasteiger partial charge on any atom is -0.483 e. The van der Waals surface area contributed by atoms with Crippen LogP contribution in [0, 0.1) is 11.6 Å². The summed E-state index contributed by atoms with van der Waals surface area (Å²) in [7, 11) is 0. The summed E-state index contributed by atoms with van der Waals surface area (Å²) in [6.45, 7) is 2.01. The molecule has 3 aromatic carbocycles. The third-order valence-corrected chi connectivity index (χ3v) is 5.62. The number of halogens is 2. The Hall–Kier alpha value is -3.74. The van der Waals surface area contributed by atoms with E-state index in [1.54, 1.807) is 18.2 Å². The van der Waals surface area contributed by atoms with Crippen molar-refractivity contribution in [1.29, 1.82) is 0 Å². The number of carbonyl (C=O) groups is 2. The minimum absolute atomic E-state index is 0.0405. The summed E-state index contributed by atoms with van der Waals surface area (Å²) in [5.74, 6) is -1.57. The molecule has 0 bridgehead atoms. The molecule has 0 radical (unpaired) electrons. The van der Waals surface area contributed by atoms with Crippen molar-refractivity contribution in [2.75, 3.05) is 11.9 Å². The maximum Gasteiger partial charge on any atom is 0.261 e. The predicted molar refractivity (Wildman–Crippen MR) is 121 cm³/mol. The lowest BCUT2D eigenvalue weighted by molar-refractivity contribution is -0.133. The van der Waals surface area contributed by atoms with Crippen molar-refractivity contribution in [3.63, 3.8) is 0 Å². The van der Waals surface area contributed by atoms with Crippen LogP contribution in [-0.2, 0) is 22.7 Å². The molecule has 1 unspecified atom stereocenters. The number of benzene rings is 3. The van der Waals surface area contributed by atoms with E-state index >= 15 is 0 Å². The van der Waals surface area contributed by atoms with Crippen LogP contribution in [0.3, 0.4) is 0 Å². The van der Waals surface area contributed by atoms with Crippen molar-refractivity contribution in [2.24, 2.45) is 0 Å². The van der Waals surface area contributed by atoms with E-state index in [0.717, 1.165) is 11.6 Å². The van der Waals surface area contributed by atoms with Crippen LogP contribution < -0.4 is 10.1 Å². The number of nitrogens with one attached hydrogen (secondary N) is 1. The Labute approximate surface area is 191 Å². The van der Waals surface area contributed by atoms with Gasteiger partial charge in [-0.15, -0.1) is 0 Å². The second kappa shape index (κ2) is 9.81. The summed E-state index contributed by atoms with van der Waals surface area (Å²) >= 11 is 0. The third-order valence-electron chi connectivity index (χ3n) is 5.62. The third kappa shape index (κ3) is 5.37. The first-order chi connectivity index (χ1) is 15.9. The highest BCUT2D eigenvalue weighted by Crippen LogP contribution is 2.29. The number of hydrogen-bond acceptors (Lipinski definition) is 3. The van der Waals surface area contributed by atoms with Gasteiger partial charge in [-0.1, -0.05) is 37.3 Å². The highest BCUT2D eigenvalue weighted by molar-refractivity contribution is 5.96. The summed E-state index contributed by atoms with van der Waals surface area (Å²) in [6.07, 6.45) is 0.649. The fourth-order valence-corrected chi connectivity index (χ4v) is 4.00. The van der Waals surface area contributed by atoms with Crippen LogP contribution in [-0.4, -0.2) is 23.3 Å². The van der Waals surface area contributed by atoms with E-state index in [1.165, 1.54) is 17.0 Å². The SMILES string of the molecule is CCC(C(=O)Nc1ccc2c(c1)CN(Cc1cc(F)cc(F)c1)C(=O)CO2)c1ccccc1. The molecule has 1 atom stereocenters. The highest BCUT2D eigenvalue weighted by atomic mass is 19.1. The monoisotopic (exact) mass is 450 g/mol. The lowest BCUT2D eigenvalue weighted by Gasteiger charge is -2.21. The first-order valence-corrected chi connectivity index (χ1v) is 10.8. The number of hydrogen-bond donors (Lipinski definition) is 1. The summed E-state index contributed by atoms with van der Waals surface area (Å²) < 4.78 is 32.8. The van der Waals surface area contributed by atoms with Crippen LogP contribution in [0.1, 0.15) is 36.0 Å². The fraction of sp³-hybridized carbons (Fsp3) is 0.231. The second-order valence-corrected chi connectivity index (χ2v) is 8.00. The number of rotatable bonds is 6. The summed E-state index contributed by atoms with van der Waals surface area (Å²) in [5.41, 5.74) is 2.57. The molecule has 1 heterocycles. The Morgan fingerprint density at radius 2 is 1.79 bits per heavy atom. The smallest absolute Gasteiger partial charge is 0.261 e. The number of anilines is 1. The number of ether oxygens (including phenoxy) is 1. The molecular formula is C26H24F2N2O3. The topological polar surface area (TPSA) is 58.6 Å². The summed E-state index contributed by atoms with van der Waals surface area (Å²) in [5, 5.41) is 2.96. The highest BCUT2D eigenvalue weighted by Gasteiger charge is 2.24. The van der Waals surface area contributed by atoms with E-state index in [4.69, 9.17) is 4.74 Å². The molecule has 0 aliphatic carbocycles. The van der Waals surface area contributed by atoms with Crippen LogP contribution in [0.4, 0.5) is 14.5 Å². The normalized spacial score (nSPS) is 14.2. The average molecular weight is 450 g/mol. The second-order valence-electron chi connectivity index (χ2n) is 8.00. The molecule has 1 N–H and O–H groups in total. The van der Waals surface area contributed by atoms with Gasteiger partial charge in [-0.3, -0.25) is 9.59 Å². The van der Waals surface area contributed by atoms with Crippen molar-refractivity contribution in [1.82, 2.24) is 4.90 Å². The number of amides is 2. The van der Waals surface area contributed by atoms with Gasteiger partial charge in [0.15, 0.2) is 6.61 Å². The van der Waals surface area contributed by atoms with E-state index in [1.807, 2.05) is 37.3 Å². The Bertz CT molecular complexity index is 1150. The van der Waals surface area contributed by atoms with Crippen molar-refractivity contribution < 1.29 is 23.1 Å². The Morgan fingerprint density at radius 1 is 1.06 bits per heavy atom. The standard InChI is InChI=1S/C26H24F2N2O3/c1-2-23(18-6-4-3-5-7-18)26(32)29-22-8-9-24-19(12-22)15-30(25(31)16-33-24)14-17-10-20(27)13-21(28)11-17/h3-13,23H,2,14-16H2,1H3,(H,29,32). The molecule has 0 aromatic heterocycles. The molecule has 1 aliphatic rings. The van der Waals surface area contributed by atoms with E-state index in [-0.39, 0.29) is 37.4 Å². The molecule has 0 saturated heterocycles. The van der Waals surface area contributed by atoms with Crippen LogP contribution >= 0.6 is 0 Å². The molecule has 7 heteroatoms. The van der Waals surface area contributed by atoms with Gasteiger partial charge in [-0.05, 0) is 47.9 Å². The maximum absolute atomic E-state index is 13.6. The average Bonchev–Trinajstić information content (AvgIpc) is 2.93. The molecule has 1 aliphatic heterocycles. The van der Waals surface area contributed by atoms with Crippen molar-refractivity contribution in [3.8, 4) is 5.75 Å². The molecule has 2 amide bonds. The Kier molecular flexibility index (Phi) is 6.68. The largest absolute Gasteiger partial charge is 0.483 e. The van der Waals surface area contributed by atoms with Gasteiger partial charge in [0, 0.05) is 30.4 Å². The number of nitrogens with zero attached hydrogens (tertiary/aromatic N) is 1. The molecule has 33 heavy (non-hydrogen) atoms. The molecule has 0 spiro atoms. The molecule has 5 nitrogen and oxygen atoms in total. The lowest BCUT2D eigenvalue weighted by Crippen LogP contribution is -2.32. The Balaban J connectivity index is 1.53. The van der Waals surface area contributed by atoms with Crippen molar-refractivity contribution >= 4 is 17.5 Å². The van der Waals surface area contributed by atoms with E-state index in [9.17, 15) is 18.4 Å². The molecule has 3 aromatic rings. The van der Waals surface area contributed by atoms with Crippen LogP contribution in [0.25, 0.3) is 0 Å². The number of carbonyl (C=O) groups excluding carboxylic acids is 2. The zero-order valence-electron chi connectivity index (χ0n) is 18.2. The molecule has 170 valence electrons. The fourth-order valence-electron chi connectivity index (χ4n) is 4.00. The Morgan fingerprint density at radius 3 is 2.48 bits per heavy atom. The summed E-state index contributed by atoms with van der Waals surface area (Å²) in [4.78, 5) is 26.9. The zero-order valence-corrected chi connectivity index (χ0v) is 18.2. The van der Waals surface area contributed by atoms with Gasteiger partial charge in [-0.25, -0.2) is 8.78 Å². The van der Waals surface area contributed by atoms with Gasteiger partial charge in [0.1, 0.15) is 17.4 Å². The number of fused-ring (bicyclic) bond motifs is 1. The zero-order chi connectivity index (χ0) is 23.4. The molecule has 0 saturated carbocycles. The van der Waals surface area contributed by atoms with Crippen molar-refractivity contribution in [3.05, 3.63) is 95.1 Å². The van der Waals surface area contributed by atoms with Gasteiger partial charge in [0.25, 0.3) is 5.91 Å². The first kappa shape index (κ1) is 22.5. The molecular weight excluding hydrogens is 426 g/mol. The predicted octanol–water partition coefficient (Wildman–Crippen LogP) is 5.02. The van der Waals surface area contributed by atoms with Gasteiger partial charge in [0.2, 0.25) is 5.91 Å². The van der Waals surface area contributed by atoms with Gasteiger partial charge < -0.3 is 15.0 Å². The van der Waals surface area contributed by atoms with E-state index < -0.39 is 11.6 Å². The van der Waals surface area contributed by atoms with Gasteiger partial charge in [-0.2, -0.15) is 0 Å². The van der Waals surface area contributed by atoms with Gasteiger partial charge in [0.05, 0.1) is 5.92 Å². The van der Waals surface area contributed by atoms with Crippen LogP contribution in [0.15, 0.2) is 66.7 Å². The lowest BCUT2D eigenvalue weighted by atomic mass is 9.95. The quantitative estimate of drug-likeness (QED) is 0.574. The van der Waals surface area contributed by atoms with E-state index in [2.05, 4.69) is 5.32 Å². The summed E-state index contributed by atoms with van der Waals surface area (Å²) in [6, 6.07) is 18.0. The molecule has 0 fully saturated rings.